The Morgan fingerprint density at radius 3 is 2.55 bits per heavy atom. The van der Waals surface area contributed by atoms with Gasteiger partial charge in [-0.15, -0.1) is 0 Å². The van der Waals surface area contributed by atoms with E-state index < -0.39 is 11.9 Å². The van der Waals surface area contributed by atoms with Gasteiger partial charge in [0.15, 0.2) is 0 Å². The van der Waals surface area contributed by atoms with E-state index in [0.717, 1.165) is 18.5 Å². The van der Waals surface area contributed by atoms with Gasteiger partial charge in [0, 0.05) is 11.3 Å². The fraction of sp³-hybridized carbons (Fsp3) is 0.500. The first-order valence-corrected chi connectivity index (χ1v) is 6.99. The number of aryl methyl sites for hydroxylation is 1. The Hall–Kier alpha value is -1.62. The van der Waals surface area contributed by atoms with Crippen molar-refractivity contribution in [2.45, 2.75) is 39.7 Å². The third-order valence-electron chi connectivity index (χ3n) is 2.88. The molecule has 0 aliphatic carbocycles. The van der Waals surface area contributed by atoms with E-state index in [9.17, 15) is 9.59 Å². The fourth-order valence-corrected chi connectivity index (χ4v) is 2.08. The summed E-state index contributed by atoms with van der Waals surface area (Å²) in [5.41, 5.74) is 6.42. The number of primary amides is 1. The van der Waals surface area contributed by atoms with Crippen LogP contribution in [0.25, 0.3) is 0 Å². The predicted octanol–water partition coefficient (Wildman–Crippen LogP) is 1.93. The molecule has 1 aromatic heterocycles. The minimum absolute atomic E-state index is 0.0797. The zero-order valence-corrected chi connectivity index (χ0v) is 12.7. The molecule has 20 heavy (non-hydrogen) atoms. The summed E-state index contributed by atoms with van der Waals surface area (Å²) in [5, 5.41) is 2.89. The van der Waals surface area contributed by atoms with E-state index >= 15 is 0 Å². The predicted molar refractivity (Wildman–Crippen MR) is 78.5 cm³/mol. The first kappa shape index (κ1) is 16.4. The van der Waals surface area contributed by atoms with Crippen LogP contribution < -0.4 is 11.1 Å². The molecule has 0 saturated carbocycles. The number of nitrogens with one attached hydrogen (secondary N) is 1. The van der Waals surface area contributed by atoms with Gasteiger partial charge in [-0.05, 0) is 24.5 Å². The molecule has 0 saturated heterocycles. The van der Waals surface area contributed by atoms with E-state index in [1.807, 2.05) is 20.8 Å². The van der Waals surface area contributed by atoms with Crippen LogP contribution in [0.3, 0.4) is 0 Å². The van der Waals surface area contributed by atoms with Crippen molar-refractivity contribution < 1.29 is 9.59 Å². The Labute approximate surface area is 123 Å². The van der Waals surface area contributed by atoms with Gasteiger partial charge in [-0.1, -0.05) is 38.8 Å². The Morgan fingerprint density at radius 2 is 2.05 bits per heavy atom. The molecule has 0 aromatic carbocycles. The molecule has 0 radical (unpaired) electrons. The number of carbonyl (C=O) groups excluding carboxylic acids is 2. The van der Waals surface area contributed by atoms with E-state index in [4.69, 9.17) is 17.3 Å². The van der Waals surface area contributed by atoms with Crippen molar-refractivity contribution in [3.8, 4) is 0 Å². The second-order valence-corrected chi connectivity index (χ2v) is 5.40. The molecule has 0 bridgehead atoms. The first-order valence-electron chi connectivity index (χ1n) is 6.61. The van der Waals surface area contributed by atoms with E-state index in [1.54, 1.807) is 6.07 Å². The molecular weight excluding hydrogens is 278 g/mol. The van der Waals surface area contributed by atoms with Crippen molar-refractivity contribution in [2.75, 3.05) is 0 Å². The van der Waals surface area contributed by atoms with Crippen LogP contribution in [0.2, 0.25) is 5.15 Å². The molecule has 0 spiro atoms. The number of halogens is 1. The average Bonchev–Trinajstić information content (AvgIpc) is 2.34. The number of carbonyl (C=O) groups is 2. The molecule has 2 amide bonds. The van der Waals surface area contributed by atoms with E-state index in [-0.39, 0.29) is 17.0 Å². The molecule has 1 atom stereocenters. The van der Waals surface area contributed by atoms with Crippen molar-refractivity contribution in [3.05, 3.63) is 28.5 Å². The monoisotopic (exact) mass is 297 g/mol. The third kappa shape index (κ3) is 4.49. The molecule has 1 heterocycles. The maximum absolute atomic E-state index is 12.2. The number of aromatic nitrogens is 1. The van der Waals surface area contributed by atoms with E-state index in [0.29, 0.717) is 5.56 Å². The fourth-order valence-electron chi connectivity index (χ4n) is 1.86. The topological polar surface area (TPSA) is 85.1 Å². The van der Waals surface area contributed by atoms with Crippen molar-refractivity contribution in [1.82, 2.24) is 10.3 Å². The first-order chi connectivity index (χ1) is 9.35. The number of pyridine rings is 1. The molecule has 1 unspecified atom stereocenters. The van der Waals surface area contributed by atoms with Gasteiger partial charge in [0.1, 0.15) is 11.2 Å². The number of amides is 2. The van der Waals surface area contributed by atoms with Crippen molar-refractivity contribution in [1.29, 1.82) is 0 Å². The van der Waals surface area contributed by atoms with Crippen LogP contribution in [0.15, 0.2) is 12.1 Å². The number of hydrogen-bond donors (Lipinski definition) is 2. The van der Waals surface area contributed by atoms with Gasteiger partial charge in [0.05, 0.1) is 0 Å². The van der Waals surface area contributed by atoms with Gasteiger partial charge < -0.3 is 11.1 Å². The molecule has 5 nitrogen and oxygen atoms in total. The molecule has 3 N–H and O–H groups in total. The SMILES string of the molecule is CCCc1cc(C(=O)NC(C(N)=O)C(C)C)cc(Cl)n1. The summed E-state index contributed by atoms with van der Waals surface area (Å²) < 4.78 is 0. The van der Waals surface area contributed by atoms with Crippen LogP contribution in [-0.2, 0) is 11.2 Å². The second-order valence-electron chi connectivity index (χ2n) is 5.02. The highest BCUT2D eigenvalue weighted by molar-refractivity contribution is 6.29. The summed E-state index contributed by atoms with van der Waals surface area (Å²) >= 11 is 5.91. The summed E-state index contributed by atoms with van der Waals surface area (Å²) in [6, 6.07) is 2.46. The molecular formula is C14H20ClN3O2. The molecule has 110 valence electrons. The Bertz CT molecular complexity index is 503. The molecule has 1 rings (SSSR count). The lowest BCUT2D eigenvalue weighted by Gasteiger charge is -2.19. The van der Waals surface area contributed by atoms with Crippen molar-refractivity contribution in [3.63, 3.8) is 0 Å². The number of nitrogens with zero attached hydrogens (tertiary/aromatic N) is 1. The van der Waals surface area contributed by atoms with Crippen LogP contribution in [0.1, 0.15) is 43.2 Å². The van der Waals surface area contributed by atoms with Gasteiger partial charge in [-0.3, -0.25) is 9.59 Å². The highest BCUT2D eigenvalue weighted by Gasteiger charge is 2.22. The van der Waals surface area contributed by atoms with Crippen LogP contribution in [0.5, 0.6) is 0 Å². The summed E-state index contributed by atoms with van der Waals surface area (Å²) in [6.45, 7) is 5.65. The minimum atomic E-state index is -0.705. The van der Waals surface area contributed by atoms with Gasteiger partial charge in [0.2, 0.25) is 5.91 Å². The normalized spacial score (nSPS) is 12.2. The van der Waals surface area contributed by atoms with Crippen molar-refractivity contribution in [2.24, 2.45) is 11.7 Å². The lowest BCUT2D eigenvalue weighted by Crippen LogP contribution is -2.47. The lowest BCUT2D eigenvalue weighted by molar-refractivity contribution is -0.120. The zero-order valence-electron chi connectivity index (χ0n) is 11.9. The van der Waals surface area contributed by atoms with Gasteiger partial charge in [-0.2, -0.15) is 0 Å². The number of rotatable bonds is 6. The van der Waals surface area contributed by atoms with Crippen molar-refractivity contribution >= 4 is 23.4 Å². The lowest BCUT2D eigenvalue weighted by atomic mass is 10.0. The standard InChI is InChI=1S/C14H20ClN3O2/c1-4-5-10-6-9(7-11(15)17-10)14(20)18-12(8(2)3)13(16)19/h6-8,12H,4-5H2,1-3H3,(H2,16,19)(H,18,20). The Balaban J connectivity index is 2.94. The largest absolute Gasteiger partial charge is 0.368 e. The summed E-state index contributed by atoms with van der Waals surface area (Å²) in [5.74, 6) is -1.00. The smallest absolute Gasteiger partial charge is 0.252 e. The summed E-state index contributed by atoms with van der Waals surface area (Å²) in [6.07, 6.45) is 1.65. The Morgan fingerprint density at radius 1 is 1.40 bits per heavy atom. The highest BCUT2D eigenvalue weighted by Crippen LogP contribution is 2.13. The van der Waals surface area contributed by atoms with Crippen LogP contribution in [-0.4, -0.2) is 22.8 Å². The average molecular weight is 298 g/mol. The molecule has 0 aliphatic heterocycles. The minimum Gasteiger partial charge on any atom is -0.368 e. The molecule has 0 fully saturated rings. The number of nitrogens with two attached hydrogens (primary N) is 1. The van der Waals surface area contributed by atoms with E-state index in [2.05, 4.69) is 10.3 Å². The molecule has 6 heteroatoms. The van der Waals surface area contributed by atoms with Crippen LogP contribution in [0.4, 0.5) is 0 Å². The van der Waals surface area contributed by atoms with Crippen LogP contribution >= 0.6 is 11.6 Å². The summed E-state index contributed by atoms with van der Waals surface area (Å²) in [4.78, 5) is 27.6. The Kier molecular flexibility index (Phi) is 5.95. The highest BCUT2D eigenvalue weighted by atomic mass is 35.5. The maximum atomic E-state index is 12.2. The third-order valence-corrected chi connectivity index (χ3v) is 3.07. The zero-order chi connectivity index (χ0) is 15.3. The van der Waals surface area contributed by atoms with E-state index in [1.165, 1.54) is 6.07 Å². The maximum Gasteiger partial charge on any atom is 0.252 e. The van der Waals surface area contributed by atoms with Gasteiger partial charge >= 0.3 is 0 Å². The quantitative estimate of drug-likeness (QED) is 0.787. The van der Waals surface area contributed by atoms with Crippen LogP contribution in [0, 0.1) is 5.92 Å². The molecule has 1 aromatic rings. The molecule has 0 aliphatic rings. The second kappa shape index (κ2) is 7.24. The van der Waals surface area contributed by atoms with Gasteiger partial charge in [-0.25, -0.2) is 4.98 Å². The summed E-state index contributed by atoms with van der Waals surface area (Å²) in [7, 11) is 0. The van der Waals surface area contributed by atoms with Gasteiger partial charge in [0.25, 0.3) is 5.91 Å². The number of hydrogen-bond acceptors (Lipinski definition) is 3.